The number of hydrogen-bond acceptors (Lipinski definition) is 5. The Balaban J connectivity index is 2.17. The summed E-state index contributed by atoms with van der Waals surface area (Å²) in [6.45, 7) is 0.232. The standard InChI is InChI=1S/C18H17Cl2N3O4S/c19-13-8-11(10-21)4-6-16(13)28(26,27)23-12(2-1-3-18(24)25)9-14-15(23)5-7-17(20)22-14/h4-9H,1-3,10,21H2,(H,24,25). The highest BCUT2D eigenvalue weighted by Crippen LogP contribution is 2.30. The van der Waals surface area contributed by atoms with Crippen molar-refractivity contribution in [3.63, 3.8) is 0 Å². The zero-order valence-electron chi connectivity index (χ0n) is 14.6. The summed E-state index contributed by atoms with van der Waals surface area (Å²) in [5, 5.41) is 9.16. The predicted molar refractivity (Wildman–Crippen MR) is 107 cm³/mol. The summed E-state index contributed by atoms with van der Waals surface area (Å²) >= 11 is 12.2. The van der Waals surface area contributed by atoms with Gasteiger partial charge in [-0.05, 0) is 48.7 Å². The van der Waals surface area contributed by atoms with E-state index in [4.69, 9.17) is 34.0 Å². The van der Waals surface area contributed by atoms with Gasteiger partial charge in [-0.25, -0.2) is 17.4 Å². The number of fused-ring (bicyclic) bond motifs is 1. The lowest BCUT2D eigenvalue weighted by molar-refractivity contribution is -0.137. The minimum atomic E-state index is -4.06. The Bertz CT molecular complexity index is 1160. The molecule has 0 amide bonds. The van der Waals surface area contributed by atoms with E-state index < -0.39 is 16.0 Å². The molecule has 0 unspecified atom stereocenters. The highest BCUT2D eigenvalue weighted by Gasteiger charge is 2.26. The summed E-state index contributed by atoms with van der Waals surface area (Å²) in [4.78, 5) is 14.9. The van der Waals surface area contributed by atoms with Crippen LogP contribution < -0.4 is 5.73 Å². The lowest BCUT2D eigenvalue weighted by Crippen LogP contribution is -2.16. The van der Waals surface area contributed by atoms with Gasteiger partial charge in [0.1, 0.15) is 10.0 Å². The molecule has 0 aliphatic carbocycles. The summed E-state index contributed by atoms with van der Waals surface area (Å²) in [7, 11) is -4.06. The quantitative estimate of drug-likeness (QED) is 0.542. The van der Waals surface area contributed by atoms with Crippen LogP contribution in [0.2, 0.25) is 10.2 Å². The van der Waals surface area contributed by atoms with Crippen LogP contribution in [0.15, 0.2) is 41.3 Å². The Kier molecular flexibility index (Phi) is 5.95. The highest BCUT2D eigenvalue weighted by molar-refractivity contribution is 7.90. The van der Waals surface area contributed by atoms with Crippen LogP contribution in [0.3, 0.4) is 0 Å². The van der Waals surface area contributed by atoms with Crippen molar-refractivity contribution in [2.75, 3.05) is 0 Å². The second kappa shape index (κ2) is 8.08. The monoisotopic (exact) mass is 441 g/mol. The Labute approximate surface area is 171 Å². The smallest absolute Gasteiger partial charge is 0.303 e. The fourth-order valence-corrected chi connectivity index (χ4v) is 5.21. The zero-order valence-corrected chi connectivity index (χ0v) is 16.9. The molecule has 10 heteroatoms. The number of aromatic nitrogens is 2. The van der Waals surface area contributed by atoms with Gasteiger partial charge in [-0.2, -0.15) is 0 Å². The van der Waals surface area contributed by atoms with Crippen LogP contribution in [0.25, 0.3) is 11.0 Å². The normalized spacial score (nSPS) is 11.8. The number of aliphatic carboxylic acids is 1. The summed E-state index contributed by atoms with van der Waals surface area (Å²) in [5.41, 5.74) is 7.44. The SMILES string of the molecule is NCc1ccc(S(=O)(=O)n2c(CCCC(=O)O)cc3nc(Cl)ccc32)c(Cl)c1. The van der Waals surface area contributed by atoms with Gasteiger partial charge in [-0.1, -0.05) is 29.3 Å². The van der Waals surface area contributed by atoms with Crippen LogP contribution >= 0.6 is 23.2 Å². The molecule has 148 valence electrons. The van der Waals surface area contributed by atoms with E-state index in [9.17, 15) is 13.2 Å². The molecule has 0 atom stereocenters. The molecule has 1 aromatic carbocycles. The maximum atomic E-state index is 13.4. The van der Waals surface area contributed by atoms with Crippen molar-refractivity contribution in [3.05, 3.63) is 57.8 Å². The average Bonchev–Trinajstić information content (AvgIpc) is 2.98. The van der Waals surface area contributed by atoms with Gasteiger partial charge in [0.05, 0.1) is 16.1 Å². The minimum Gasteiger partial charge on any atom is -0.481 e. The largest absolute Gasteiger partial charge is 0.481 e. The maximum absolute atomic E-state index is 13.4. The lowest BCUT2D eigenvalue weighted by atomic mass is 10.2. The van der Waals surface area contributed by atoms with Gasteiger partial charge in [-0.15, -0.1) is 0 Å². The van der Waals surface area contributed by atoms with E-state index in [1.165, 1.54) is 18.2 Å². The van der Waals surface area contributed by atoms with Crippen LogP contribution in [0.4, 0.5) is 0 Å². The van der Waals surface area contributed by atoms with Crippen LogP contribution in [-0.4, -0.2) is 28.5 Å². The maximum Gasteiger partial charge on any atom is 0.303 e. The first-order valence-corrected chi connectivity index (χ1v) is 10.6. The number of nitrogens with zero attached hydrogens (tertiary/aromatic N) is 2. The van der Waals surface area contributed by atoms with Gasteiger partial charge in [0.15, 0.2) is 0 Å². The molecule has 0 aliphatic heterocycles. The zero-order chi connectivity index (χ0) is 20.5. The summed E-state index contributed by atoms with van der Waals surface area (Å²) in [6.07, 6.45) is 0.425. The lowest BCUT2D eigenvalue weighted by Gasteiger charge is -2.13. The van der Waals surface area contributed by atoms with Crippen LogP contribution in [0, 0.1) is 0 Å². The van der Waals surface area contributed by atoms with Gasteiger partial charge in [0.25, 0.3) is 10.0 Å². The van der Waals surface area contributed by atoms with Crippen molar-refractivity contribution in [2.24, 2.45) is 5.73 Å². The van der Waals surface area contributed by atoms with Crippen molar-refractivity contribution in [1.29, 1.82) is 0 Å². The third kappa shape index (κ3) is 4.00. The van der Waals surface area contributed by atoms with E-state index in [2.05, 4.69) is 4.98 Å². The van der Waals surface area contributed by atoms with Gasteiger partial charge in [-0.3, -0.25) is 4.79 Å². The number of carbonyl (C=O) groups is 1. The summed E-state index contributed by atoms with van der Waals surface area (Å²) < 4.78 is 28.0. The molecule has 0 spiro atoms. The highest BCUT2D eigenvalue weighted by atomic mass is 35.5. The van der Waals surface area contributed by atoms with E-state index in [1.807, 2.05) is 0 Å². The summed E-state index contributed by atoms with van der Waals surface area (Å²) in [5.74, 6) is -0.952. The van der Waals surface area contributed by atoms with E-state index in [-0.39, 0.29) is 40.9 Å². The van der Waals surface area contributed by atoms with E-state index in [1.54, 1.807) is 18.2 Å². The molecular formula is C18H17Cl2N3O4S. The second-order valence-electron chi connectivity index (χ2n) is 6.16. The van der Waals surface area contributed by atoms with Gasteiger partial charge < -0.3 is 10.8 Å². The predicted octanol–water partition coefficient (Wildman–Crippen LogP) is 3.45. The van der Waals surface area contributed by atoms with Gasteiger partial charge in [0, 0.05) is 18.7 Å². The topological polar surface area (TPSA) is 115 Å². The van der Waals surface area contributed by atoms with Crippen LogP contribution in [0.1, 0.15) is 24.1 Å². The first-order chi connectivity index (χ1) is 13.2. The van der Waals surface area contributed by atoms with E-state index in [0.717, 1.165) is 3.97 Å². The number of rotatable bonds is 7. The Morgan fingerprint density at radius 1 is 1.18 bits per heavy atom. The van der Waals surface area contributed by atoms with E-state index in [0.29, 0.717) is 22.3 Å². The van der Waals surface area contributed by atoms with Crippen LogP contribution in [-0.2, 0) is 27.8 Å². The van der Waals surface area contributed by atoms with Crippen molar-refractivity contribution in [2.45, 2.75) is 30.7 Å². The molecule has 3 aromatic rings. The average molecular weight is 442 g/mol. The first kappa shape index (κ1) is 20.6. The fraction of sp³-hybridized carbons (Fsp3) is 0.222. The molecule has 0 aliphatic rings. The number of carboxylic acid groups (broad SMARTS) is 1. The molecule has 0 radical (unpaired) electrons. The number of benzene rings is 1. The van der Waals surface area contributed by atoms with Crippen molar-refractivity contribution in [1.82, 2.24) is 8.96 Å². The van der Waals surface area contributed by atoms with Crippen molar-refractivity contribution in [3.8, 4) is 0 Å². The Hall–Kier alpha value is -2.13. The van der Waals surface area contributed by atoms with Gasteiger partial charge in [0.2, 0.25) is 0 Å². The molecular weight excluding hydrogens is 425 g/mol. The molecule has 0 fully saturated rings. The van der Waals surface area contributed by atoms with Crippen molar-refractivity contribution < 1.29 is 18.3 Å². The minimum absolute atomic E-state index is 0.0585. The second-order valence-corrected chi connectivity index (χ2v) is 8.71. The molecule has 2 heterocycles. The first-order valence-electron chi connectivity index (χ1n) is 8.37. The Morgan fingerprint density at radius 2 is 1.93 bits per heavy atom. The van der Waals surface area contributed by atoms with E-state index >= 15 is 0 Å². The molecule has 0 saturated carbocycles. The van der Waals surface area contributed by atoms with Crippen LogP contribution in [0.5, 0.6) is 0 Å². The molecule has 0 bridgehead atoms. The number of carboxylic acids is 1. The number of hydrogen-bond donors (Lipinski definition) is 2. The third-order valence-electron chi connectivity index (χ3n) is 4.23. The number of halogens is 2. The fourth-order valence-electron chi connectivity index (χ4n) is 2.95. The molecule has 3 N–H and O–H groups in total. The number of pyridine rings is 1. The number of nitrogens with two attached hydrogens (primary N) is 1. The Morgan fingerprint density at radius 3 is 2.57 bits per heavy atom. The van der Waals surface area contributed by atoms with Crippen molar-refractivity contribution >= 4 is 50.2 Å². The summed E-state index contributed by atoms with van der Waals surface area (Å²) in [6, 6.07) is 9.18. The number of aryl methyl sites for hydroxylation is 1. The molecule has 2 aromatic heterocycles. The molecule has 0 saturated heterocycles. The molecule has 28 heavy (non-hydrogen) atoms. The van der Waals surface area contributed by atoms with Gasteiger partial charge >= 0.3 is 5.97 Å². The molecule has 3 rings (SSSR count). The molecule has 7 nitrogen and oxygen atoms in total. The third-order valence-corrected chi connectivity index (χ3v) is 6.68.